The quantitative estimate of drug-likeness (QED) is 0.816. The van der Waals surface area contributed by atoms with Gasteiger partial charge in [-0.3, -0.25) is 9.80 Å². The van der Waals surface area contributed by atoms with Crippen LogP contribution in [0.1, 0.15) is 46.6 Å². The normalized spacial score (nSPS) is 20.3. The van der Waals surface area contributed by atoms with Crippen LogP contribution in [-0.2, 0) is 5.54 Å². The van der Waals surface area contributed by atoms with Gasteiger partial charge in [-0.1, -0.05) is 18.2 Å². The van der Waals surface area contributed by atoms with E-state index in [2.05, 4.69) is 69.7 Å². The minimum Gasteiger partial charge on any atom is -0.496 e. The van der Waals surface area contributed by atoms with Gasteiger partial charge in [0.05, 0.1) is 7.11 Å². The number of rotatable bonds is 5. The highest BCUT2D eigenvalue weighted by Gasteiger charge is 2.34. The van der Waals surface area contributed by atoms with Crippen molar-refractivity contribution < 1.29 is 4.74 Å². The molecule has 130 valence electrons. The Morgan fingerprint density at radius 3 is 2.39 bits per heavy atom. The summed E-state index contributed by atoms with van der Waals surface area (Å²) in [5.41, 5.74) is 1.50. The number of benzene rings is 1. The molecular formula is C20H34N2O. The van der Waals surface area contributed by atoms with Gasteiger partial charge in [0.2, 0.25) is 0 Å². The van der Waals surface area contributed by atoms with Crippen molar-refractivity contribution in [2.75, 3.05) is 33.8 Å². The average molecular weight is 319 g/mol. The molecule has 1 unspecified atom stereocenters. The lowest BCUT2D eigenvalue weighted by atomic mass is 9.90. The van der Waals surface area contributed by atoms with E-state index in [1.807, 2.05) is 6.07 Å². The van der Waals surface area contributed by atoms with Gasteiger partial charge in [-0.05, 0) is 66.6 Å². The Bertz CT molecular complexity index is 519. The number of hydrogen-bond donors (Lipinski definition) is 0. The van der Waals surface area contributed by atoms with Crippen molar-refractivity contribution in [3.8, 4) is 5.75 Å². The first-order valence-corrected chi connectivity index (χ1v) is 8.76. The highest BCUT2D eigenvalue weighted by atomic mass is 16.5. The lowest BCUT2D eigenvalue weighted by Gasteiger charge is -2.39. The van der Waals surface area contributed by atoms with Crippen molar-refractivity contribution >= 4 is 0 Å². The van der Waals surface area contributed by atoms with Crippen LogP contribution in [0.4, 0.5) is 0 Å². The van der Waals surface area contributed by atoms with Gasteiger partial charge in [0.25, 0.3) is 0 Å². The van der Waals surface area contributed by atoms with E-state index in [-0.39, 0.29) is 11.1 Å². The molecule has 0 aliphatic carbocycles. The zero-order valence-corrected chi connectivity index (χ0v) is 16.0. The van der Waals surface area contributed by atoms with E-state index < -0.39 is 0 Å². The van der Waals surface area contributed by atoms with E-state index in [9.17, 15) is 0 Å². The standard InChI is InChI=1S/C20H34N2O/c1-19(2,3)22-13-12-16(15-22)14-21(6)20(4,5)17-10-8-9-11-18(17)23-7/h8-11,16H,12-15H2,1-7H3. The molecule has 1 aromatic rings. The zero-order chi connectivity index (χ0) is 17.3. The first-order valence-electron chi connectivity index (χ1n) is 8.76. The Hall–Kier alpha value is -1.06. The summed E-state index contributed by atoms with van der Waals surface area (Å²) in [6.45, 7) is 15.1. The fourth-order valence-corrected chi connectivity index (χ4v) is 3.56. The first-order chi connectivity index (χ1) is 10.7. The third-order valence-electron chi connectivity index (χ3n) is 5.49. The van der Waals surface area contributed by atoms with Gasteiger partial charge in [0.1, 0.15) is 5.75 Å². The molecule has 0 radical (unpaired) electrons. The summed E-state index contributed by atoms with van der Waals surface area (Å²) < 4.78 is 5.58. The van der Waals surface area contributed by atoms with Gasteiger partial charge in [0, 0.05) is 29.7 Å². The minimum absolute atomic E-state index is 0.0399. The SMILES string of the molecule is COc1ccccc1C(C)(C)N(C)CC1CCN(C(C)(C)C)C1. The van der Waals surface area contributed by atoms with Crippen molar-refractivity contribution in [2.45, 2.75) is 52.1 Å². The number of nitrogens with zero attached hydrogens (tertiary/aromatic N) is 2. The number of para-hydroxylation sites is 1. The summed E-state index contributed by atoms with van der Waals surface area (Å²) in [5, 5.41) is 0. The molecule has 0 amide bonds. The third-order valence-corrected chi connectivity index (χ3v) is 5.49. The largest absolute Gasteiger partial charge is 0.496 e. The molecule has 1 aliphatic heterocycles. The number of methoxy groups -OCH3 is 1. The lowest BCUT2D eigenvalue weighted by molar-refractivity contribution is 0.119. The summed E-state index contributed by atoms with van der Waals surface area (Å²) in [6.07, 6.45) is 1.30. The van der Waals surface area contributed by atoms with E-state index in [4.69, 9.17) is 4.74 Å². The molecular weight excluding hydrogens is 284 g/mol. The fraction of sp³-hybridized carbons (Fsp3) is 0.700. The van der Waals surface area contributed by atoms with Crippen LogP contribution in [0.25, 0.3) is 0 Å². The van der Waals surface area contributed by atoms with Crippen LogP contribution in [0.2, 0.25) is 0 Å². The number of ether oxygens (including phenoxy) is 1. The van der Waals surface area contributed by atoms with Gasteiger partial charge in [0.15, 0.2) is 0 Å². The van der Waals surface area contributed by atoms with Crippen molar-refractivity contribution in [1.29, 1.82) is 0 Å². The fourth-order valence-electron chi connectivity index (χ4n) is 3.56. The minimum atomic E-state index is -0.0399. The van der Waals surface area contributed by atoms with Crippen LogP contribution in [0, 0.1) is 5.92 Å². The summed E-state index contributed by atoms with van der Waals surface area (Å²) in [6, 6.07) is 8.38. The molecule has 1 fully saturated rings. The smallest absolute Gasteiger partial charge is 0.123 e. The first kappa shape index (κ1) is 18.3. The maximum atomic E-state index is 5.58. The van der Waals surface area contributed by atoms with Crippen molar-refractivity contribution in [3.63, 3.8) is 0 Å². The predicted octanol–water partition coefficient (Wildman–Crippen LogP) is 3.98. The highest BCUT2D eigenvalue weighted by molar-refractivity contribution is 5.38. The monoisotopic (exact) mass is 318 g/mol. The summed E-state index contributed by atoms with van der Waals surface area (Å²) in [5.74, 6) is 1.72. The maximum absolute atomic E-state index is 5.58. The Kier molecular flexibility index (Phi) is 5.42. The lowest BCUT2D eigenvalue weighted by Crippen LogP contribution is -2.43. The summed E-state index contributed by atoms with van der Waals surface area (Å²) >= 11 is 0. The maximum Gasteiger partial charge on any atom is 0.123 e. The van der Waals surface area contributed by atoms with Crippen molar-refractivity contribution in [2.24, 2.45) is 5.92 Å². The Morgan fingerprint density at radius 2 is 1.83 bits per heavy atom. The van der Waals surface area contributed by atoms with Gasteiger partial charge < -0.3 is 4.74 Å². The molecule has 1 aliphatic rings. The molecule has 23 heavy (non-hydrogen) atoms. The second kappa shape index (κ2) is 6.82. The Labute approximate surface area is 142 Å². The van der Waals surface area contributed by atoms with Gasteiger partial charge in [-0.15, -0.1) is 0 Å². The topological polar surface area (TPSA) is 15.7 Å². The number of likely N-dealkylation sites (tertiary alicyclic amines) is 1. The molecule has 1 atom stereocenters. The molecule has 1 heterocycles. The van der Waals surface area contributed by atoms with E-state index in [1.54, 1.807) is 7.11 Å². The van der Waals surface area contributed by atoms with Crippen LogP contribution in [0.5, 0.6) is 5.75 Å². The molecule has 3 heteroatoms. The van der Waals surface area contributed by atoms with Gasteiger partial charge >= 0.3 is 0 Å². The molecule has 1 saturated heterocycles. The van der Waals surface area contributed by atoms with Crippen molar-refractivity contribution in [1.82, 2.24) is 9.80 Å². The van der Waals surface area contributed by atoms with Crippen LogP contribution >= 0.6 is 0 Å². The molecule has 0 saturated carbocycles. The van der Waals surface area contributed by atoms with Crippen molar-refractivity contribution in [3.05, 3.63) is 29.8 Å². The second-order valence-corrected chi connectivity index (χ2v) is 8.41. The molecule has 3 nitrogen and oxygen atoms in total. The molecule has 0 N–H and O–H groups in total. The van der Waals surface area contributed by atoms with E-state index in [1.165, 1.54) is 25.1 Å². The Morgan fingerprint density at radius 1 is 1.17 bits per heavy atom. The summed E-state index contributed by atoms with van der Waals surface area (Å²) in [7, 11) is 4.00. The zero-order valence-electron chi connectivity index (χ0n) is 16.0. The molecule has 1 aromatic carbocycles. The molecule has 0 spiro atoms. The van der Waals surface area contributed by atoms with Crippen LogP contribution in [0.15, 0.2) is 24.3 Å². The number of hydrogen-bond acceptors (Lipinski definition) is 3. The average Bonchev–Trinajstić information content (AvgIpc) is 2.95. The molecule has 0 bridgehead atoms. The molecule has 0 aromatic heterocycles. The molecule has 2 rings (SSSR count). The Balaban J connectivity index is 2.06. The van der Waals surface area contributed by atoms with Gasteiger partial charge in [-0.25, -0.2) is 0 Å². The predicted molar refractivity (Wildman–Crippen MR) is 98.1 cm³/mol. The van der Waals surface area contributed by atoms with E-state index in [0.717, 1.165) is 18.2 Å². The second-order valence-electron chi connectivity index (χ2n) is 8.41. The van der Waals surface area contributed by atoms with E-state index in [0.29, 0.717) is 0 Å². The van der Waals surface area contributed by atoms with Crippen LogP contribution in [0.3, 0.4) is 0 Å². The highest BCUT2D eigenvalue weighted by Crippen LogP contribution is 2.35. The van der Waals surface area contributed by atoms with Crippen LogP contribution in [-0.4, -0.2) is 49.1 Å². The summed E-state index contributed by atoms with van der Waals surface area (Å²) in [4.78, 5) is 5.10. The van der Waals surface area contributed by atoms with E-state index >= 15 is 0 Å². The third kappa shape index (κ3) is 4.07. The van der Waals surface area contributed by atoms with Gasteiger partial charge in [-0.2, -0.15) is 0 Å². The van der Waals surface area contributed by atoms with Crippen LogP contribution < -0.4 is 4.74 Å².